The third kappa shape index (κ3) is 4.16. The van der Waals surface area contributed by atoms with Gasteiger partial charge >= 0.3 is 0 Å². The molecule has 0 saturated heterocycles. The highest BCUT2D eigenvalue weighted by Crippen LogP contribution is 2.36. The van der Waals surface area contributed by atoms with Crippen molar-refractivity contribution in [1.29, 1.82) is 0 Å². The van der Waals surface area contributed by atoms with Gasteiger partial charge in [-0.1, -0.05) is 24.3 Å². The molecule has 33 heavy (non-hydrogen) atoms. The zero-order chi connectivity index (χ0) is 22.9. The normalized spacial score (nSPS) is 18.5. The number of anilines is 1. The van der Waals surface area contributed by atoms with Crippen molar-refractivity contribution >= 4 is 17.1 Å². The summed E-state index contributed by atoms with van der Waals surface area (Å²) in [6.45, 7) is 0.194. The molecule has 0 unspecified atom stereocenters. The fourth-order valence-corrected chi connectivity index (χ4v) is 4.39. The lowest BCUT2D eigenvalue weighted by molar-refractivity contribution is 0.329. The van der Waals surface area contributed by atoms with Crippen LogP contribution in [0.1, 0.15) is 37.3 Å². The summed E-state index contributed by atoms with van der Waals surface area (Å²) in [5, 5.41) is 3.03. The molecule has 0 spiro atoms. The van der Waals surface area contributed by atoms with E-state index < -0.39 is 11.6 Å². The number of aromatic nitrogens is 4. The molecule has 9 heteroatoms. The highest BCUT2D eigenvalue weighted by molar-refractivity contribution is 5.78. The van der Waals surface area contributed by atoms with Crippen LogP contribution in [0, 0.1) is 17.5 Å². The monoisotopic (exact) mass is 452 g/mol. The zero-order valence-corrected chi connectivity index (χ0v) is 17.8. The Morgan fingerprint density at radius 3 is 2.33 bits per heavy atom. The zero-order valence-electron chi connectivity index (χ0n) is 17.8. The Labute approximate surface area is 188 Å². The smallest absolute Gasteiger partial charge is 0.225 e. The molecule has 5 rings (SSSR count). The van der Waals surface area contributed by atoms with Gasteiger partial charge in [0.05, 0.1) is 11.8 Å². The molecular weight excluding hydrogens is 429 g/mol. The molecule has 3 N–H and O–H groups in total. The van der Waals surface area contributed by atoms with Crippen molar-refractivity contribution in [3.05, 3.63) is 71.7 Å². The van der Waals surface area contributed by atoms with Gasteiger partial charge in [0.1, 0.15) is 28.8 Å². The van der Waals surface area contributed by atoms with Crippen molar-refractivity contribution in [1.82, 2.24) is 19.5 Å². The highest BCUT2D eigenvalue weighted by atomic mass is 19.1. The van der Waals surface area contributed by atoms with Gasteiger partial charge in [0.2, 0.25) is 5.95 Å². The quantitative estimate of drug-likeness (QED) is 0.447. The number of halogens is 3. The second-order valence-corrected chi connectivity index (χ2v) is 8.32. The van der Waals surface area contributed by atoms with Gasteiger partial charge in [-0.3, -0.25) is 0 Å². The van der Waals surface area contributed by atoms with Crippen molar-refractivity contribution in [2.24, 2.45) is 5.73 Å². The van der Waals surface area contributed by atoms with Crippen LogP contribution in [0.25, 0.3) is 22.6 Å². The van der Waals surface area contributed by atoms with Crippen molar-refractivity contribution in [2.75, 3.05) is 5.32 Å². The first kappa shape index (κ1) is 21.4. The Kier molecular flexibility index (Phi) is 5.72. The highest BCUT2D eigenvalue weighted by Gasteiger charge is 2.28. The van der Waals surface area contributed by atoms with Crippen LogP contribution in [0.3, 0.4) is 0 Å². The van der Waals surface area contributed by atoms with Crippen LogP contribution < -0.4 is 11.1 Å². The maximum absolute atomic E-state index is 14.7. The van der Waals surface area contributed by atoms with Crippen molar-refractivity contribution < 1.29 is 13.2 Å². The molecule has 4 aromatic rings. The molecule has 2 aromatic heterocycles. The van der Waals surface area contributed by atoms with Crippen LogP contribution in [-0.4, -0.2) is 25.6 Å². The lowest BCUT2D eigenvalue weighted by Gasteiger charge is -2.28. The van der Waals surface area contributed by atoms with E-state index in [0.29, 0.717) is 16.7 Å². The molecule has 1 saturated carbocycles. The SMILES string of the molecule is NC1CCC(n2c(-c3c(F)cccc3F)nc3cnc(NCc4ccccc4F)nc32)CC1. The summed E-state index contributed by atoms with van der Waals surface area (Å²) in [4.78, 5) is 13.4. The van der Waals surface area contributed by atoms with Gasteiger partial charge in [0.15, 0.2) is 5.65 Å². The fourth-order valence-electron chi connectivity index (χ4n) is 4.39. The Hall–Kier alpha value is -3.46. The van der Waals surface area contributed by atoms with E-state index in [4.69, 9.17) is 5.73 Å². The minimum Gasteiger partial charge on any atom is -0.350 e. The number of hydrogen-bond donors (Lipinski definition) is 2. The predicted molar refractivity (Wildman–Crippen MR) is 120 cm³/mol. The van der Waals surface area contributed by atoms with E-state index in [1.54, 1.807) is 22.8 Å². The fraction of sp³-hybridized carbons (Fsp3) is 0.292. The molecule has 0 radical (unpaired) electrons. The number of nitrogens with zero attached hydrogens (tertiary/aromatic N) is 4. The first-order valence-electron chi connectivity index (χ1n) is 10.9. The average molecular weight is 452 g/mol. The first-order valence-corrected chi connectivity index (χ1v) is 10.9. The van der Waals surface area contributed by atoms with E-state index in [-0.39, 0.29) is 41.8 Å². The van der Waals surface area contributed by atoms with Gasteiger partial charge in [-0.2, -0.15) is 4.98 Å². The molecule has 1 fully saturated rings. The molecule has 2 heterocycles. The summed E-state index contributed by atoms with van der Waals surface area (Å²) in [6.07, 6.45) is 4.61. The summed E-state index contributed by atoms with van der Waals surface area (Å²) in [6, 6.07) is 10.2. The summed E-state index contributed by atoms with van der Waals surface area (Å²) in [7, 11) is 0. The van der Waals surface area contributed by atoms with Gasteiger partial charge in [0.25, 0.3) is 0 Å². The first-order chi connectivity index (χ1) is 16.0. The molecule has 2 aromatic carbocycles. The van der Waals surface area contributed by atoms with Gasteiger partial charge in [0, 0.05) is 24.2 Å². The summed E-state index contributed by atoms with van der Waals surface area (Å²) in [5.41, 5.74) is 7.27. The van der Waals surface area contributed by atoms with E-state index in [1.165, 1.54) is 30.5 Å². The predicted octanol–water partition coefficient (Wildman–Crippen LogP) is 4.97. The van der Waals surface area contributed by atoms with E-state index in [9.17, 15) is 13.2 Å². The maximum Gasteiger partial charge on any atom is 0.225 e. The van der Waals surface area contributed by atoms with E-state index in [2.05, 4.69) is 20.3 Å². The minimum atomic E-state index is -0.690. The molecule has 1 aliphatic carbocycles. The Morgan fingerprint density at radius 1 is 0.909 bits per heavy atom. The second-order valence-electron chi connectivity index (χ2n) is 8.32. The van der Waals surface area contributed by atoms with Crippen molar-refractivity contribution in [2.45, 2.75) is 44.3 Å². The number of nitrogens with one attached hydrogen (secondary N) is 1. The van der Waals surface area contributed by atoms with Crippen molar-refractivity contribution in [3.63, 3.8) is 0 Å². The van der Waals surface area contributed by atoms with Crippen molar-refractivity contribution in [3.8, 4) is 11.4 Å². The Bertz CT molecular complexity index is 1280. The van der Waals surface area contributed by atoms with Gasteiger partial charge in [-0.25, -0.2) is 23.1 Å². The molecule has 0 aliphatic heterocycles. The number of hydrogen-bond acceptors (Lipinski definition) is 5. The van der Waals surface area contributed by atoms with Crippen LogP contribution in [0.15, 0.2) is 48.7 Å². The number of fused-ring (bicyclic) bond motifs is 1. The van der Waals surface area contributed by atoms with Crippen LogP contribution in [0.5, 0.6) is 0 Å². The van der Waals surface area contributed by atoms with E-state index in [0.717, 1.165) is 25.7 Å². The van der Waals surface area contributed by atoms with Crippen LogP contribution in [0.4, 0.5) is 19.1 Å². The molecule has 0 bridgehead atoms. The topological polar surface area (TPSA) is 81.7 Å². The van der Waals surface area contributed by atoms with Gasteiger partial charge < -0.3 is 15.6 Å². The molecule has 0 amide bonds. The maximum atomic E-state index is 14.7. The van der Waals surface area contributed by atoms with E-state index >= 15 is 0 Å². The van der Waals surface area contributed by atoms with Crippen LogP contribution in [-0.2, 0) is 6.54 Å². The average Bonchev–Trinajstić information content (AvgIpc) is 3.17. The minimum absolute atomic E-state index is 0.0573. The molecule has 1 aliphatic rings. The lowest BCUT2D eigenvalue weighted by atomic mass is 9.91. The molecule has 6 nitrogen and oxygen atoms in total. The van der Waals surface area contributed by atoms with Crippen LogP contribution >= 0.6 is 0 Å². The third-order valence-electron chi connectivity index (χ3n) is 6.12. The van der Waals surface area contributed by atoms with Crippen LogP contribution in [0.2, 0.25) is 0 Å². The number of rotatable bonds is 5. The molecular formula is C24H23F3N6. The second kappa shape index (κ2) is 8.82. The largest absolute Gasteiger partial charge is 0.350 e. The standard InChI is InChI=1S/C24H23F3N6/c25-17-5-2-1-4-14(17)12-29-24-30-13-20-22(32-24)33(16-10-8-15(28)9-11-16)23(31-20)21-18(26)6-3-7-19(21)27/h1-7,13,15-16H,8-12,28H2,(H,29,30,32). The number of nitrogens with two attached hydrogens (primary N) is 1. The summed E-state index contributed by atoms with van der Waals surface area (Å²) < 4.78 is 45.2. The summed E-state index contributed by atoms with van der Waals surface area (Å²) >= 11 is 0. The van der Waals surface area contributed by atoms with Gasteiger partial charge in [-0.15, -0.1) is 0 Å². The van der Waals surface area contributed by atoms with Gasteiger partial charge in [-0.05, 0) is 43.9 Å². The Balaban J connectivity index is 1.58. The third-order valence-corrected chi connectivity index (χ3v) is 6.12. The number of imidazole rings is 1. The summed E-state index contributed by atoms with van der Waals surface area (Å²) in [5.74, 6) is -1.25. The Morgan fingerprint density at radius 2 is 1.61 bits per heavy atom. The lowest BCUT2D eigenvalue weighted by Crippen LogP contribution is -2.28. The number of benzene rings is 2. The molecule has 0 atom stereocenters. The molecule has 170 valence electrons. The van der Waals surface area contributed by atoms with E-state index in [1.807, 2.05) is 0 Å².